The number of fused-ring (bicyclic) bond motifs is 1. The normalized spacial score (nSPS) is 23.4. The summed E-state index contributed by atoms with van der Waals surface area (Å²) in [7, 11) is -1.19. The first kappa shape index (κ1) is 14.2. The predicted octanol–water partition coefficient (Wildman–Crippen LogP) is 4.79. The van der Waals surface area contributed by atoms with E-state index in [0.29, 0.717) is 5.44 Å². The van der Waals surface area contributed by atoms with Crippen LogP contribution >= 0.6 is 0 Å². The maximum absolute atomic E-state index is 6.47. The van der Waals surface area contributed by atoms with E-state index < -0.39 is 8.32 Å². The molecule has 2 aromatic rings. The van der Waals surface area contributed by atoms with E-state index in [1.807, 2.05) is 0 Å². The summed E-state index contributed by atoms with van der Waals surface area (Å²) in [6.07, 6.45) is 2.54. The lowest BCUT2D eigenvalue weighted by Crippen LogP contribution is -2.34. The van der Waals surface area contributed by atoms with Crippen molar-refractivity contribution < 1.29 is 4.43 Å². The van der Waals surface area contributed by atoms with E-state index in [0.717, 1.165) is 0 Å². The third-order valence-corrected chi connectivity index (χ3v) is 7.42. The topological polar surface area (TPSA) is 9.23 Å². The number of rotatable bonds is 3. The van der Waals surface area contributed by atoms with Crippen molar-refractivity contribution in [3.05, 3.63) is 42.5 Å². The standard InChI is InChI=1S/C17H23OSSi/c1-20(2,3)18-17-12-7-13-19(17)16-11-6-9-14-8-4-5-10-15(14)16/h4-6,8-11,17H,7,12-13H2,1-3H3/q+1. The molecular weight excluding hydrogens is 280 g/mol. The van der Waals surface area contributed by atoms with E-state index in [1.54, 1.807) is 0 Å². The van der Waals surface area contributed by atoms with E-state index >= 15 is 0 Å². The van der Waals surface area contributed by atoms with Crippen molar-refractivity contribution >= 4 is 30.0 Å². The molecule has 2 unspecified atom stereocenters. The predicted molar refractivity (Wildman–Crippen MR) is 91.9 cm³/mol. The highest BCUT2D eigenvalue weighted by atomic mass is 32.2. The van der Waals surface area contributed by atoms with Gasteiger partial charge in [0, 0.05) is 11.8 Å². The molecule has 2 aromatic carbocycles. The second-order valence-electron chi connectivity index (χ2n) is 6.41. The highest BCUT2D eigenvalue weighted by Gasteiger charge is 2.42. The van der Waals surface area contributed by atoms with Crippen LogP contribution in [0.2, 0.25) is 19.6 Å². The van der Waals surface area contributed by atoms with Gasteiger partial charge in [-0.2, -0.15) is 0 Å². The fraction of sp³-hybridized carbons (Fsp3) is 0.412. The van der Waals surface area contributed by atoms with Gasteiger partial charge < -0.3 is 4.43 Å². The molecule has 1 heterocycles. The monoisotopic (exact) mass is 303 g/mol. The van der Waals surface area contributed by atoms with E-state index in [9.17, 15) is 0 Å². The Morgan fingerprint density at radius 2 is 1.80 bits per heavy atom. The summed E-state index contributed by atoms with van der Waals surface area (Å²) < 4.78 is 6.47. The summed E-state index contributed by atoms with van der Waals surface area (Å²) >= 11 is 0. The maximum atomic E-state index is 6.47. The molecule has 106 valence electrons. The average molecular weight is 304 g/mol. The Kier molecular flexibility index (Phi) is 3.93. The molecule has 0 N–H and O–H groups in total. The Hall–Kier alpha value is -0.773. The van der Waals surface area contributed by atoms with E-state index in [1.165, 1.54) is 34.3 Å². The Bertz CT molecular complexity index is 600. The van der Waals surface area contributed by atoms with Crippen molar-refractivity contribution in [3.8, 4) is 0 Å². The minimum Gasteiger partial charge on any atom is -0.375 e. The summed E-state index contributed by atoms with van der Waals surface area (Å²) in [5.41, 5.74) is 0.451. The molecule has 1 aliphatic heterocycles. The van der Waals surface area contributed by atoms with Crippen molar-refractivity contribution in [1.29, 1.82) is 0 Å². The van der Waals surface area contributed by atoms with Crippen LogP contribution in [0.25, 0.3) is 10.8 Å². The Morgan fingerprint density at radius 1 is 1.05 bits per heavy atom. The van der Waals surface area contributed by atoms with Gasteiger partial charge in [-0.05, 0) is 43.6 Å². The average Bonchev–Trinajstić information content (AvgIpc) is 2.84. The van der Waals surface area contributed by atoms with Gasteiger partial charge in [0.1, 0.15) is 5.75 Å². The van der Waals surface area contributed by atoms with Crippen LogP contribution in [0.4, 0.5) is 0 Å². The number of hydrogen-bond donors (Lipinski definition) is 0. The summed E-state index contributed by atoms with van der Waals surface area (Å²) in [5, 5.41) is 2.78. The van der Waals surface area contributed by atoms with Crippen LogP contribution in [0.1, 0.15) is 12.8 Å². The van der Waals surface area contributed by atoms with E-state index in [-0.39, 0.29) is 10.9 Å². The minimum atomic E-state index is -1.46. The van der Waals surface area contributed by atoms with Crippen LogP contribution in [0.5, 0.6) is 0 Å². The Labute approximate surface area is 125 Å². The van der Waals surface area contributed by atoms with E-state index in [2.05, 4.69) is 62.1 Å². The third-order valence-electron chi connectivity index (χ3n) is 3.64. The largest absolute Gasteiger partial charge is 0.375 e. The van der Waals surface area contributed by atoms with Gasteiger partial charge in [0.05, 0.1) is 10.9 Å². The molecular formula is C17H23OSSi+. The van der Waals surface area contributed by atoms with Gasteiger partial charge in [-0.1, -0.05) is 30.3 Å². The number of benzene rings is 2. The molecule has 1 saturated heterocycles. The highest BCUT2D eigenvalue weighted by Crippen LogP contribution is 2.35. The zero-order valence-electron chi connectivity index (χ0n) is 12.6. The first-order valence-electron chi connectivity index (χ1n) is 7.40. The van der Waals surface area contributed by atoms with Crippen molar-refractivity contribution in [1.82, 2.24) is 0 Å². The first-order chi connectivity index (χ1) is 9.54. The molecule has 3 heteroatoms. The fourth-order valence-electron chi connectivity index (χ4n) is 2.87. The molecule has 0 bridgehead atoms. The van der Waals surface area contributed by atoms with Crippen molar-refractivity contribution in [3.63, 3.8) is 0 Å². The Balaban J connectivity index is 1.97. The van der Waals surface area contributed by atoms with Crippen LogP contribution < -0.4 is 0 Å². The second-order valence-corrected chi connectivity index (χ2v) is 13.1. The van der Waals surface area contributed by atoms with Gasteiger partial charge in [0.15, 0.2) is 13.2 Å². The van der Waals surface area contributed by atoms with Crippen LogP contribution in [0.3, 0.4) is 0 Å². The fourth-order valence-corrected chi connectivity index (χ4v) is 7.52. The highest BCUT2D eigenvalue weighted by molar-refractivity contribution is 7.97. The van der Waals surface area contributed by atoms with Crippen LogP contribution in [-0.4, -0.2) is 19.5 Å². The van der Waals surface area contributed by atoms with Crippen LogP contribution in [-0.2, 0) is 15.3 Å². The lowest BCUT2D eigenvalue weighted by molar-refractivity contribution is 0.275. The zero-order chi connectivity index (χ0) is 14.2. The van der Waals surface area contributed by atoms with Crippen LogP contribution in [0.15, 0.2) is 47.4 Å². The quantitative estimate of drug-likeness (QED) is 0.585. The molecule has 1 nitrogen and oxygen atoms in total. The molecule has 1 aliphatic rings. The molecule has 0 radical (unpaired) electrons. The van der Waals surface area contributed by atoms with Crippen molar-refractivity contribution in [2.75, 3.05) is 5.75 Å². The zero-order valence-corrected chi connectivity index (χ0v) is 14.4. The summed E-state index contributed by atoms with van der Waals surface area (Å²) in [6.45, 7) is 6.90. The lowest BCUT2D eigenvalue weighted by Gasteiger charge is -2.22. The molecule has 3 rings (SSSR count). The summed E-state index contributed by atoms with van der Waals surface area (Å²) in [5.74, 6) is 1.29. The molecule has 0 saturated carbocycles. The van der Waals surface area contributed by atoms with E-state index in [4.69, 9.17) is 4.43 Å². The molecule has 0 aliphatic carbocycles. The molecule has 0 aromatic heterocycles. The van der Waals surface area contributed by atoms with Crippen molar-refractivity contribution in [2.24, 2.45) is 0 Å². The van der Waals surface area contributed by atoms with Crippen LogP contribution in [0, 0.1) is 0 Å². The van der Waals surface area contributed by atoms with Gasteiger partial charge in [-0.15, -0.1) is 0 Å². The third kappa shape index (κ3) is 2.95. The molecule has 1 fully saturated rings. The number of hydrogen-bond acceptors (Lipinski definition) is 1. The van der Waals surface area contributed by atoms with Gasteiger partial charge in [0.25, 0.3) is 0 Å². The molecule has 2 atom stereocenters. The van der Waals surface area contributed by atoms with Gasteiger partial charge in [0.2, 0.25) is 5.44 Å². The van der Waals surface area contributed by atoms with Crippen molar-refractivity contribution in [2.45, 2.75) is 42.8 Å². The maximum Gasteiger partial charge on any atom is 0.214 e. The van der Waals surface area contributed by atoms with Gasteiger partial charge in [-0.3, -0.25) is 0 Å². The SMILES string of the molecule is C[Si](C)(C)OC1CCC[S+]1c1cccc2ccccc12. The molecule has 20 heavy (non-hydrogen) atoms. The lowest BCUT2D eigenvalue weighted by atomic mass is 10.1. The molecule has 0 amide bonds. The summed E-state index contributed by atoms with van der Waals surface area (Å²) in [6, 6.07) is 15.5. The smallest absolute Gasteiger partial charge is 0.214 e. The minimum absolute atomic E-state index is 0.263. The molecule has 0 spiro atoms. The second kappa shape index (κ2) is 5.55. The van der Waals surface area contributed by atoms with Gasteiger partial charge >= 0.3 is 0 Å². The summed E-state index contributed by atoms with van der Waals surface area (Å²) in [4.78, 5) is 1.52. The Morgan fingerprint density at radius 3 is 2.60 bits per heavy atom. The van der Waals surface area contributed by atoms with Gasteiger partial charge in [-0.25, -0.2) is 0 Å². The first-order valence-corrected chi connectivity index (χ1v) is 12.3.